The van der Waals surface area contributed by atoms with Gasteiger partial charge < -0.3 is 10.8 Å². The molecule has 60 valence electrons. The van der Waals surface area contributed by atoms with Gasteiger partial charge in [-0.3, -0.25) is 4.98 Å². The first-order chi connectivity index (χ1) is 5.16. The highest BCUT2D eigenvalue weighted by molar-refractivity contribution is 7.18. The Bertz CT molecular complexity index is 273. The third kappa shape index (κ3) is 1.43. The van der Waals surface area contributed by atoms with E-state index in [1.165, 1.54) is 0 Å². The highest BCUT2D eigenvalue weighted by Crippen LogP contribution is 2.24. The molecule has 0 saturated heterocycles. The van der Waals surface area contributed by atoms with Gasteiger partial charge in [0.2, 0.25) is 0 Å². The summed E-state index contributed by atoms with van der Waals surface area (Å²) in [4.78, 5) is 4.11. The van der Waals surface area contributed by atoms with Gasteiger partial charge in [-0.2, -0.15) is 0 Å². The summed E-state index contributed by atoms with van der Waals surface area (Å²) in [5.41, 5.74) is 9.39. The van der Waals surface area contributed by atoms with E-state index in [0.29, 0.717) is 5.69 Å². The zero-order chi connectivity index (χ0) is 8.43. The van der Waals surface area contributed by atoms with Gasteiger partial charge in [-0.1, -0.05) is 0 Å². The van der Waals surface area contributed by atoms with Crippen molar-refractivity contribution in [3.63, 3.8) is 0 Å². The van der Waals surface area contributed by atoms with Crippen molar-refractivity contribution in [2.75, 3.05) is 10.8 Å². The average Bonchev–Trinajstić information content (AvgIpc) is 1.99. The summed E-state index contributed by atoms with van der Waals surface area (Å²) >= 11 is 0. The number of hydrogen-bond acceptors (Lipinski definition) is 3. The Kier molecular flexibility index (Phi) is 2.30. The van der Waals surface area contributed by atoms with Crippen LogP contribution in [0.3, 0.4) is 0 Å². The minimum absolute atomic E-state index is 0.683. The summed E-state index contributed by atoms with van der Waals surface area (Å²) in [7, 11) is 2.43. The first-order valence-electron chi connectivity index (χ1n) is 3.35. The normalized spacial score (nSPS) is 9.73. The summed E-state index contributed by atoms with van der Waals surface area (Å²) < 4.78 is 0. The van der Waals surface area contributed by atoms with Crippen molar-refractivity contribution in [2.24, 2.45) is 0 Å². The van der Waals surface area contributed by atoms with E-state index in [4.69, 9.17) is 5.73 Å². The van der Waals surface area contributed by atoms with Gasteiger partial charge in [0, 0.05) is 5.69 Å². The molecule has 0 fully saturated rings. The first-order valence-corrected chi connectivity index (χ1v) is 3.93. The van der Waals surface area contributed by atoms with Crippen LogP contribution in [-0.4, -0.2) is 4.98 Å². The highest BCUT2D eigenvalue weighted by atomic mass is 31.0. The molecule has 1 aromatic rings. The molecule has 0 saturated carbocycles. The van der Waals surface area contributed by atoms with Crippen molar-refractivity contribution < 1.29 is 0 Å². The Balaban J connectivity index is 3.29. The van der Waals surface area contributed by atoms with Crippen molar-refractivity contribution >= 4 is 20.8 Å². The van der Waals surface area contributed by atoms with Crippen molar-refractivity contribution in [3.05, 3.63) is 17.5 Å². The second-order valence-electron chi connectivity index (χ2n) is 2.44. The van der Waals surface area contributed by atoms with Gasteiger partial charge in [0.15, 0.2) is 0 Å². The summed E-state index contributed by atoms with van der Waals surface area (Å²) in [5.74, 6) is 0. The minimum Gasteiger partial charge on any atom is -0.396 e. The van der Waals surface area contributed by atoms with Crippen LogP contribution in [0.5, 0.6) is 0 Å². The molecule has 11 heavy (non-hydrogen) atoms. The Labute approximate surface area is 68.7 Å². The van der Waals surface area contributed by atoms with Crippen LogP contribution in [0.2, 0.25) is 0 Å². The topological polar surface area (TPSA) is 50.9 Å². The molecule has 1 rings (SSSR count). The van der Waals surface area contributed by atoms with E-state index in [0.717, 1.165) is 16.9 Å². The van der Waals surface area contributed by atoms with Crippen molar-refractivity contribution in [2.45, 2.75) is 13.8 Å². The molecule has 0 aliphatic rings. The van der Waals surface area contributed by atoms with E-state index >= 15 is 0 Å². The molecule has 1 heterocycles. The largest absolute Gasteiger partial charge is 0.396 e. The molecule has 1 aromatic heterocycles. The van der Waals surface area contributed by atoms with Crippen LogP contribution < -0.4 is 10.8 Å². The summed E-state index contributed by atoms with van der Waals surface area (Å²) in [6, 6.07) is 0. The molecule has 0 aliphatic heterocycles. The molecule has 0 amide bonds. The van der Waals surface area contributed by atoms with E-state index in [1.54, 1.807) is 6.20 Å². The summed E-state index contributed by atoms with van der Waals surface area (Å²) in [5, 5.41) is 2.96. The first kappa shape index (κ1) is 8.28. The van der Waals surface area contributed by atoms with Gasteiger partial charge in [0.25, 0.3) is 0 Å². The fourth-order valence-electron chi connectivity index (χ4n) is 0.917. The molecular formula is C7H12N3P. The predicted molar refractivity (Wildman–Crippen MR) is 51.5 cm³/mol. The van der Waals surface area contributed by atoms with Crippen molar-refractivity contribution in [3.8, 4) is 0 Å². The molecule has 0 spiro atoms. The standard InChI is InChI=1S/C7H12N3P/c1-4-5(2)9-3-6(8)7(4)10-11/h3H,8,11H2,1-2H3,(H,9,10). The molecule has 1 atom stereocenters. The van der Waals surface area contributed by atoms with E-state index in [1.807, 2.05) is 13.8 Å². The van der Waals surface area contributed by atoms with Gasteiger partial charge in [-0.25, -0.2) is 0 Å². The van der Waals surface area contributed by atoms with Gasteiger partial charge in [0.05, 0.1) is 17.6 Å². The Morgan fingerprint density at radius 3 is 2.64 bits per heavy atom. The number of nitrogen functional groups attached to an aromatic ring is 1. The number of nitrogens with zero attached hydrogens (tertiary/aromatic N) is 1. The molecule has 0 aromatic carbocycles. The third-order valence-electron chi connectivity index (χ3n) is 1.75. The fraction of sp³-hybridized carbons (Fsp3) is 0.286. The number of aryl methyl sites for hydroxylation is 1. The second-order valence-corrected chi connectivity index (χ2v) is 2.73. The van der Waals surface area contributed by atoms with Crippen LogP contribution >= 0.6 is 9.39 Å². The minimum atomic E-state index is 0.683. The third-order valence-corrected chi connectivity index (χ3v) is 2.04. The number of pyridine rings is 1. The number of hydrogen-bond donors (Lipinski definition) is 2. The number of aromatic nitrogens is 1. The molecule has 1 unspecified atom stereocenters. The average molecular weight is 169 g/mol. The highest BCUT2D eigenvalue weighted by Gasteiger charge is 2.03. The van der Waals surface area contributed by atoms with E-state index < -0.39 is 0 Å². The molecule has 0 bridgehead atoms. The smallest absolute Gasteiger partial charge is 0.0741 e. The zero-order valence-corrected chi connectivity index (χ0v) is 7.83. The van der Waals surface area contributed by atoms with Gasteiger partial charge >= 0.3 is 0 Å². The lowest BCUT2D eigenvalue weighted by Gasteiger charge is -2.09. The number of nitrogens with one attached hydrogen (secondary N) is 1. The number of nitrogens with two attached hydrogens (primary N) is 1. The maximum atomic E-state index is 5.66. The molecular weight excluding hydrogens is 157 g/mol. The van der Waals surface area contributed by atoms with Crippen LogP contribution in [0, 0.1) is 13.8 Å². The van der Waals surface area contributed by atoms with Gasteiger partial charge in [0.1, 0.15) is 0 Å². The molecule has 3 N–H and O–H groups in total. The van der Waals surface area contributed by atoms with Crippen LogP contribution in [0.4, 0.5) is 11.4 Å². The van der Waals surface area contributed by atoms with Crippen molar-refractivity contribution in [1.82, 2.24) is 4.98 Å². The zero-order valence-electron chi connectivity index (χ0n) is 6.68. The Hall–Kier alpha value is -0.820. The van der Waals surface area contributed by atoms with Gasteiger partial charge in [-0.05, 0) is 28.8 Å². The summed E-state index contributed by atoms with van der Waals surface area (Å²) in [6.45, 7) is 3.95. The van der Waals surface area contributed by atoms with E-state index in [2.05, 4.69) is 19.5 Å². The lowest BCUT2D eigenvalue weighted by atomic mass is 10.2. The van der Waals surface area contributed by atoms with E-state index in [9.17, 15) is 0 Å². The van der Waals surface area contributed by atoms with Crippen LogP contribution in [0.25, 0.3) is 0 Å². The van der Waals surface area contributed by atoms with Gasteiger partial charge in [-0.15, -0.1) is 0 Å². The quantitative estimate of drug-likeness (QED) is 0.626. The maximum absolute atomic E-state index is 5.66. The van der Waals surface area contributed by atoms with Crippen LogP contribution in [0.15, 0.2) is 6.20 Å². The van der Waals surface area contributed by atoms with Crippen LogP contribution in [0.1, 0.15) is 11.3 Å². The van der Waals surface area contributed by atoms with E-state index in [-0.39, 0.29) is 0 Å². The molecule has 4 heteroatoms. The molecule has 3 nitrogen and oxygen atoms in total. The lowest BCUT2D eigenvalue weighted by Crippen LogP contribution is -1.98. The molecule has 0 aliphatic carbocycles. The predicted octanol–water partition coefficient (Wildman–Crippen LogP) is 1.48. The monoisotopic (exact) mass is 169 g/mol. The maximum Gasteiger partial charge on any atom is 0.0741 e. The fourth-order valence-corrected chi connectivity index (χ4v) is 1.30. The summed E-state index contributed by atoms with van der Waals surface area (Å²) in [6.07, 6.45) is 1.66. The van der Waals surface area contributed by atoms with Crippen LogP contribution in [-0.2, 0) is 0 Å². The number of rotatable bonds is 1. The van der Waals surface area contributed by atoms with Crippen molar-refractivity contribution in [1.29, 1.82) is 0 Å². The molecule has 0 radical (unpaired) electrons. The lowest BCUT2D eigenvalue weighted by molar-refractivity contribution is 1.16. The SMILES string of the molecule is Cc1ncc(N)c(NP)c1C. The Morgan fingerprint density at radius 1 is 1.55 bits per heavy atom. The second kappa shape index (κ2) is 3.05. The number of anilines is 2. The Morgan fingerprint density at radius 2 is 2.18 bits per heavy atom.